The van der Waals surface area contributed by atoms with Gasteiger partial charge in [-0.25, -0.2) is 17.5 Å². The van der Waals surface area contributed by atoms with Crippen LogP contribution >= 0.6 is 15.9 Å². The van der Waals surface area contributed by atoms with Crippen LogP contribution in [0.25, 0.3) is 0 Å². The Kier molecular flexibility index (Phi) is 5.78. The van der Waals surface area contributed by atoms with Crippen LogP contribution in [0.3, 0.4) is 0 Å². The van der Waals surface area contributed by atoms with Crippen LogP contribution in [0, 0.1) is 15.9 Å². The zero-order chi connectivity index (χ0) is 19.6. The lowest BCUT2D eigenvalue weighted by atomic mass is 10.1. The second-order valence-electron chi connectivity index (χ2n) is 6.23. The van der Waals surface area contributed by atoms with E-state index in [-0.39, 0.29) is 16.6 Å². The molecule has 1 aliphatic heterocycles. The number of sulfonamides is 1. The van der Waals surface area contributed by atoms with Crippen molar-refractivity contribution in [1.82, 2.24) is 4.72 Å². The van der Waals surface area contributed by atoms with Crippen LogP contribution in [-0.4, -0.2) is 32.5 Å². The molecule has 1 N–H and O–H groups in total. The van der Waals surface area contributed by atoms with Crippen molar-refractivity contribution in [1.29, 1.82) is 0 Å². The fourth-order valence-corrected chi connectivity index (χ4v) is 4.70. The monoisotopic (exact) mass is 457 g/mol. The molecule has 3 rings (SSSR count). The fraction of sp³-hybridized carbons (Fsp3) is 0.294. The van der Waals surface area contributed by atoms with Crippen LogP contribution in [0.1, 0.15) is 12.8 Å². The van der Waals surface area contributed by atoms with Crippen molar-refractivity contribution in [2.24, 2.45) is 0 Å². The lowest BCUT2D eigenvalue weighted by Gasteiger charge is -2.33. The van der Waals surface area contributed by atoms with Crippen molar-refractivity contribution in [2.45, 2.75) is 23.8 Å². The Morgan fingerprint density at radius 3 is 2.37 bits per heavy atom. The Labute approximate surface area is 164 Å². The highest BCUT2D eigenvalue weighted by Gasteiger charge is 2.27. The molecular formula is C17H17BrFN3O4S. The molecule has 0 spiro atoms. The molecule has 0 saturated carbocycles. The number of nitro benzene ring substituents is 1. The summed E-state index contributed by atoms with van der Waals surface area (Å²) in [6, 6.07) is 9.24. The quantitative estimate of drug-likeness (QED) is 0.548. The molecule has 1 aliphatic rings. The van der Waals surface area contributed by atoms with E-state index in [2.05, 4.69) is 20.7 Å². The van der Waals surface area contributed by atoms with Crippen molar-refractivity contribution in [2.75, 3.05) is 18.0 Å². The average Bonchev–Trinajstić information content (AvgIpc) is 2.62. The van der Waals surface area contributed by atoms with E-state index in [1.54, 1.807) is 12.1 Å². The fourth-order valence-electron chi connectivity index (χ4n) is 3.05. The van der Waals surface area contributed by atoms with Gasteiger partial charge in [0.1, 0.15) is 11.5 Å². The van der Waals surface area contributed by atoms with Gasteiger partial charge in [0.05, 0.1) is 9.82 Å². The van der Waals surface area contributed by atoms with Crippen molar-refractivity contribution >= 4 is 37.3 Å². The van der Waals surface area contributed by atoms with Crippen molar-refractivity contribution in [3.8, 4) is 0 Å². The maximum atomic E-state index is 13.0. The number of rotatable bonds is 5. The number of nitrogens with one attached hydrogen (secondary N) is 1. The highest BCUT2D eigenvalue weighted by Crippen LogP contribution is 2.33. The van der Waals surface area contributed by atoms with Gasteiger partial charge < -0.3 is 4.90 Å². The van der Waals surface area contributed by atoms with Crippen LogP contribution in [0.4, 0.5) is 15.8 Å². The van der Waals surface area contributed by atoms with E-state index in [0.29, 0.717) is 36.1 Å². The third-order valence-electron chi connectivity index (χ3n) is 4.42. The smallest absolute Gasteiger partial charge is 0.293 e. The first-order valence-corrected chi connectivity index (χ1v) is 10.5. The van der Waals surface area contributed by atoms with E-state index in [0.717, 1.165) is 12.1 Å². The van der Waals surface area contributed by atoms with E-state index in [1.165, 1.54) is 18.2 Å². The molecule has 144 valence electrons. The Morgan fingerprint density at radius 2 is 1.78 bits per heavy atom. The summed E-state index contributed by atoms with van der Waals surface area (Å²) in [6.45, 7) is 0.970. The average molecular weight is 458 g/mol. The van der Waals surface area contributed by atoms with Crippen LogP contribution in [0.5, 0.6) is 0 Å². The van der Waals surface area contributed by atoms with Crippen LogP contribution < -0.4 is 9.62 Å². The summed E-state index contributed by atoms with van der Waals surface area (Å²) in [7, 11) is -3.74. The van der Waals surface area contributed by atoms with Crippen LogP contribution in [-0.2, 0) is 10.0 Å². The highest BCUT2D eigenvalue weighted by atomic mass is 79.9. The highest BCUT2D eigenvalue weighted by molar-refractivity contribution is 9.10. The molecule has 0 unspecified atom stereocenters. The largest absolute Gasteiger partial charge is 0.366 e. The Morgan fingerprint density at radius 1 is 1.15 bits per heavy atom. The van der Waals surface area contributed by atoms with Gasteiger partial charge in [-0.05, 0) is 49.2 Å². The maximum Gasteiger partial charge on any atom is 0.293 e. The summed E-state index contributed by atoms with van der Waals surface area (Å²) in [5, 5.41) is 11.3. The first kappa shape index (κ1) is 19.7. The summed E-state index contributed by atoms with van der Waals surface area (Å²) >= 11 is 3.23. The van der Waals surface area contributed by atoms with Gasteiger partial charge in [-0.1, -0.05) is 15.9 Å². The maximum absolute atomic E-state index is 13.0. The number of nitrogens with zero attached hydrogens (tertiary/aromatic N) is 2. The number of hydrogen-bond donors (Lipinski definition) is 1. The third kappa shape index (κ3) is 4.63. The molecule has 27 heavy (non-hydrogen) atoms. The van der Waals surface area contributed by atoms with E-state index in [4.69, 9.17) is 0 Å². The molecule has 2 aromatic carbocycles. The zero-order valence-electron chi connectivity index (χ0n) is 14.1. The van der Waals surface area contributed by atoms with E-state index < -0.39 is 20.8 Å². The molecule has 0 amide bonds. The molecular weight excluding hydrogens is 441 g/mol. The lowest BCUT2D eigenvalue weighted by Crippen LogP contribution is -2.44. The molecule has 0 aliphatic carbocycles. The van der Waals surface area contributed by atoms with Crippen molar-refractivity contribution < 1.29 is 17.7 Å². The Balaban J connectivity index is 1.67. The number of halogens is 2. The summed E-state index contributed by atoms with van der Waals surface area (Å²) in [4.78, 5) is 12.8. The molecule has 2 aromatic rings. The molecule has 0 aromatic heterocycles. The number of nitro groups is 1. The minimum absolute atomic E-state index is 0.00900. The lowest BCUT2D eigenvalue weighted by molar-refractivity contribution is -0.384. The predicted molar refractivity (Wildman–Crippen MR) is 103 cm³/mol. The molecule has 0 atom stereocenters. The number of benzene rings is 2. The molecule has 7 nitrogen and oxygen atoms in total. The van der Waals surface area contributed by atoms with E-state index in [1.807, 2.05) is 4.90 Å². The molecule has 0 bridgehead atoms. The normalized spacial score (nSPS) is 15.7. The second kappa shape index (κ2) is 7.91. The van der Waals surface area contributed by atoms with Gasteiger partial charge in [-0.15, -0.1) is 0 Å². The summed E-state index contributed by atoms with van der Waals surface area (Å²) < 4.78 is 41.0. The number of piperidine rings is 1. The molecule has 0 radical (unpaired) electrons. The minimum atomic E-state index is -3.74. The second-order valence-corrected chi connectivity index (χ2v) is 8.86. The third-order valence-corrected chi connectivity index (χ3v) is 6.45. The minimum Gasteiger partial charge on any atom is -0.366 e. The van der Waals surface area contributed by atoms with Crippen LogP contribution in [0.2, 0.25) is 0 Å². The van der Waals surface area contributed by atoms with Crippen LogP contribution in [0.15, 0.2) is 51.8 Å². The summed E-state index contributed by atoms with van der Waals surface area (Å²) in [5.41, 5.74) is 0.526. The predicted octanol–water partition coefficient (Wildman–Crippen LogP) is 3.44. The summed E-state index contributed by atoms with van der Waals surface area (Å²) in [5.74, 6) is -0.502. The van der Waals surface area contributed by atoms with Gasteiger partial charge in [0, 0.05) is 29.7 Å². The van der Waals surface area contributed by atoms with Gasteiger partial charge in [-0.3, -0.25) is 10.1 Å². The number of hydrogen-bond acceptors (Lipinski definition) is 5. The first-order valence-electron chi connectivity index (χ1n) is 8.23. The van der Waals surface area contributed by atoms with Crippen molar-refractivity contribution in [3.05, 3.63) is 62.9 Å². The Bertz CT molecular complexity index is 945. The van der Waals surface area contributed by atoms with Crippen molar-refractivity contribution in [3.63, 3.8) is 0 Å². The standard InChI is InChI=1S/C17H17BrFN3O4S/c18-12-1-6-16(17(11-12)22(23)24)21-9-7-14(8-10-21)20-27(25,26)15-4-2-13(19)3-5-15/h1-6,11,14,20H,7-10H2. The Hall–Kier alpha value is -2.04. The first-order chi connectivity index (χ1) is 12.8. The zero-order valence-corrected chi connectivity index (χ0v) is 16.5. The number of anilines is 1. The topological polar surface area (TPSA) is 92.6 Å². The molecule has 1 saturated heterocycles. The molecule has 1 heterocycles. The summed E-state index contributed by atoms with van der Waals surface area (Å²) in [6.07, 6.45) is 1.02. The van der Waals surface area contributed by atoms with Gasteiger partial charge in [0.15, 0.2) is 0 Å². The molecule has 10 heteroatoms. The van der Waals surface area contributed by atoms with Gasteiger partial charge >= 0.3 is 0 Å². The SMILES string of the molecule is O=[N+]([O-])c1cc(Br)ccc1N1CCC(NS(=O)(=O)c2ccc(F)cc2)CC1. The van der Waals surface area contributed by atoms with Gasteiger partial charge in [0.2, 0.25) is 10.0 Å². The van der Waals surface area contributed by atoms with E-state index >= 15 is 0 Å². The van der Waals surface area contributed by atoms with E-state index in [9.17, 15) is 22.9 Å². The van der Waals surface area contributed by atoms with Gasteiger partial charge in [-0.2, -0.15) is 0 Å². The molecule has 1 fully saturated rings. The van der Waals surface area contributed by atoms with Gasteiger partial charge in [0.25, 0.3) is 5.69 Å².